The molecule has 46 heavy (non-hydrogen) atoms. The minimum atomic E-state index is 0.406. The Kier molecular flexibility index (Phi) is 7.69. The summed E-state index contributed by atoms with van der Waals surface area (Å²) in [5.41, 5.74) is 10.2. The summed E-state index contributed by atoms with van der Waals surface area (Å²) in [6.45, 7) is 13.2. The minimum Gasteiger partial charge on any atom is -0.457 e. The smallest absolute Gasteiger partial charge is 0.137 e. The van der Waals surface area contributed by atoms with Gasteiger partial charge < -0.3 is 4.74 Å². The first kappa shape index (κ1) is 29.5. The number of pyridine rings is 1. The van der Waals surface area contributed by atoms with Gasteiger partial charge in [0.1, 0.15) is 17.3 Å². The first-order chi connectivity index (χ1) is 22.3. The monoisotopic (exact) mass is 604 g/mol. The van der Waals surface area contributed by atoms with Crippen LogP contribution in [0.1, 0.15) is 68.5 Å². The zero-order valence-corrected chi connectivity index (χ0v) is 27.5. The van der Waals surface area contributed by atoms with Crippen molar-refractivity contribution < 1.29 is 4.74 Å². The Balaban J connectivity index is 1.31. The topological polar surface area (TPSA) is 44.9 Å². The number of benzene rings is 4. The van der Waals surface area contributed by atoms with Crippen molar-refractivity contribution in [2.45, 2.75) is 59.8 Å². The van der Waals surface area contributed by atoms with Crippen molar-refractivity contribution in [3.63, 3.8) is 0 Å². The third-order valence-electron chi connectivity index (χ3n) is 9.26. The van der Waals surface area contributed by atoms with Crippen LogP contribution in [0, 0.1) is 13.8 Å². The summed E-state index contributed by atoms with van der Waals surface area (Å²) < 4.78 is 10.9. The van der Waals surface area contributed by atoms with Gasteiger partial charge >= 0.3 is 0 Å². The molecule has 0 radical (unpaired) electrons. The quantitative estimate of drug-likeness (QED) is 0.173. The summed E-state index contributed by atoms with van der Waals surface area (Å²) in [5.74, 6) is 3.34. The lowest BCUT2D eigenvalue weighted by atomic mass is 9.97. The van der Waals surface area contributed by atoms with Gasteiger partial charge in [-0.25, -0.2) is 9.67 Å². The van der Waals surface area contributed by atoms with Crippen LogP contribution >= 0.6 is 0 Å². The summed E-state index contributed by atoms with van der Waals surface area (Å²) in [6.07, 6.45) is 3.02. The lowest BCUT2D eigenvalue weighted by molar-refractivity contribution is 0.482. The molecule has 0 aliphatic heterocycles. The summed E-state index contributed by atoms with van der Waals surface area (Å²) in [6, 6.07) is 36.2. The van der Waals surface area contributed by atoms with E-state index in [4.69, 9.17) is 14.8 Å². The Morgan fingerprint density at radius 2 is 1.52 bits per heavy atom. The van der Waals surface area contributed by atoms with E-state index in [0.717, 1.165) is 57.4 Å². The molecule has 1 atom stereocenters. The van der Waals surface area contributed by atoms with E-state index in [0.29, 0.717) is 11.8 Å². The van der Waals surface area contributed by atoms with Gasteiger partial charge in [-0.15, -0.1) is 0 Å². The highest BCUT2D eigenvalue weighted by atomic mass is 16.5. The van der Waals surface area contributed by atoms with E-state index in [1.54, 1.807) is 0 Å². The highest BCUT2D eigenvalue weighted by Crippen LogP contribution is 2.37. The molecule has 0 aliphatic rings. The van der Waals surface area contributed by atoms with E-state index in [1.807, 2.05) is 29.1 Å². The average molecular weight is 605 g/mol. The second-order valence-electron chi connectivity index (χ2n) is 12.6. The van der Waals surface area contributed by atoms with Crippen molar-refractivity contribution in [3.05, 3.63) is 132 Å². The fraction of sp³-hybridized carbons (Fsp3) is 0.220. The second kappa shape index (κ2) is 12.0. The summed E-state index contributed by atoms with van der Waals surface area (Å²) >= 11 is 0. The molecule has 5 heteroatoms. The molecular formula is C41H40N4O. The molecule has 3 heterocycles. The van der Waals surface area contributed by atoms with Crippen molar-refractivity contribution in [3.8, 4) is 34.1 Å². The third-order valence-corrected chi connectivity index (χ3v) is 9.26. The van der Waals surface area contributed by atoms with Gasteiger partial charge in [0.05, 0.1) is 22.4 Å². The molecule has 7 aromatic rings. The average Bonchev–Trinajstić information content (AvgIpc) is 3.56. The van der Waals surface area contributed by atoms with Crippen LogP contribution in [0.4, 0.5) is 0 Å². The van der Waals surface area contributed by atoms with Crippen LogP contribution in [0.5, 0.6) is 11.5 Å². The molecule has 0 saturated heterocycles. The number of ether oxygens (including phenoxy) is 1. The van der Waals surface area contributed by atoms with Gasteiger partial charge in [-0.3, -0.25) is 4.57 Å². The number of fused-ring (bicyclic) bond motifs is 3. The zero-order chi connectivity index (χ0) is 31.9. The molecule has 3 aromatic heterocycles. The molecule has 0 bridgehead atoms. The van der Waals surface area contributed by atoms with E-state index in [1.165, 1.54) is 27.5 Å². The summed E-state index contributed by atoms with van der Waals surface area (Å²) in [5, 5.41) is 7.33. The van der Waals surface area contributed by atoms with Crippen molar-refractivity contribution in [2.24, 2.45) is 0 Å². The molecule has 0 saturated carbocycles. The van der Waals surface area contributed by atoms with E-state index in [-0.39, 0.29) is 0 Å². The maximum atomic E-state index is 6.56. The Labute approximate surface area is 271 Å². The molecular weight excluding hydrogens is 564 g/mol. The summed E-state index contributed by atoms with van der Waals surface area (Å²) in [7, 11) is 0. The van der Waals surface area contributed by atoms with Gasteiger partial charge in [-0.05, 0) is 97.3 Å². The van der Waals surface area contributed by atoms with Crippen LogP contribution < -0.4 is 4.74 Å². The van der Waals surface area contributed by atoms with Gasteiger partial charge in [-0.2, -0.15) is 5.10 Å². The van der Waals surface area contributed by atoms with Crippen LogP contribution in [0.2, 0.25) is 0 Å². The van der Waals surface area contributed by atoms with Gasteiger partial charge in [0.2, 0.25) is 0 Å². The Hall–Kier alpha value is -5.16. The number of hydrogen-bond donors (Lipinski definition) is 0. The fourth-order valence-electron chi connectivity index (χ4n) is 6.52. The van der Waals surface area contributed by atoms with Gasteiger partial charge in [0, 0.05) is 40.4 Å². The van der Waals surface area contributed by atoms with E-state index in [2.05, 4.69) is 131 Å². The first-order valence-corrected chi connectivity index (χ1v) is 16.3. The second-order valence-corrected chi connectivity index (χ2v) is 12.6. The molecule has 0 amide bonds. The molecule has 4 aromatic carbocycles. The minimum absolute atomic E-state index is 0.406. The third kappa shape index (κ3) is 5.26. The highest BCUT2D eigenvalue weighted by molar-refractivity contribution is 6.09. The van der Waals surface area contributed by atoms with Gasteiger partial charge in [-0.1, -0.05) is 70.2 Å². The van der Waals surface area contributed by atoms with Crippen LogP contribution in [-0.2, 0) is 0 Å². The number of aryl methyl sites for hydroxylation is 1. The molecule has 0 spiro atoms. The molecule has 0 fully saturated rings. The molecule has 0 aliphatic carbocycles. The van der Waals surface area contributed by atoms with E-state index in [9.17, 15) is 0 Å². The standard InChI is InChI=1S/C41H40N4O/c1-7-27(4)32-16-19-38-37(22-32)36-18-17-35(25-39(36)44(38)40-23-31(26(2)3)20-21-42-40)46-34-15-11-14-33(24-34)45-29(6)41(28(5)43-45)30-12-9-8-10-13-30/h8-27H,7H2,1-6H3. The van der Waals surface area contributed by atoms with Crippen molar-refractivity contribution in [1.29, 1.82) is 0 Å². The number of rotatable bonds is 8. The zero-order valence-electron chi connectivity index (χ0n) is 27.5. The van der Waals surface area contributed by atoms with Crippen LogP contribution in [0.3, 0.4) is 0 Å². The van der Waals surface area contributed by atoms with Crippen molar-refractivity contribution in [1.82, 2.24) is 19.3 Å². The van der Waals surface area contributed by atoms with Crippen LogP contribution in [-0.4, -0.2) is 19.3 Å². The molecule has 7 rings (SSSR count). The Morgan fingerprint density at radius 3 is 2.30 bits per heavy atom. The number of aromatic nitrogens is 4. The lowest BCUT2D eigenvalue weighted by Gasteiger charge is -2.12. The SMILES string of the molecule is CCC(C)c1ccc2c(c1)c1ccc(Oc3cccc(-n4nc(C)c(-c5ccccc5)c4C)c3)cc1n2-c1cc(C(C)C)ccn1. The largest absolute Gasteiger partial charge is 0.457 e. The molecule has 0 N–H and O–H groups in total. The molecule has 230 valence electrons. The summed E-state index contributed by atoms with van der Waals surface area (Å²) in [4.78, 5) is 4.85. The highest BCUT2D eigenvalue weighted by Gasteiger charge is 2.18. The molecule has 1 unspecified atom stereocenters. The van der Waals surface area contributed by atoms with Gasteiger partial charge in [0.15, 0.2) is 0 Å². The predicted octanol–water partition coefficient (Wildman–Crippen LogP) is 11.1. The van der Waals surface area contributed by atoms with Crippen LogP contribution in [0.15, 0.2) is 109 Å². The van der Waals surface area contributed by atoms with E-state index < -0.39 is 0 Å². The van der Waals surface area contributed by atoms with Crippen molar-refractivity contribution in [2.75, 3.05) is 0 Å². The molecule has 5 nitrogen and oxygen atoms in total. The first-order valence-electron chi connectivity index (χ1n) is 16.3. The van der Waals surface area contributed by atoms with Gasteiger partial charge in [0.25, 0.3) is 0 Å². The lowest BCUT2D eigenvalue weighted by Crippen LogP contribution is -2.00. The number of hydrogen-bond acceptors (Lipinski definition) is 3. The maximum Gasteiger partial charge on any atom is 0.137 e. The Morgan fingerprint density at radius 1 is 0.717 bits per heavy atom. The number of nitrogens with zero attached hydrogens (tertiary/aromatic N) is 4. The normalized spacial score (nSPS) is 12.3. The van der Waals surface area contributed by atoms with E-state index >= 15 is 0 Å². The maximum absolute atomic E-state index is 6.56. The predicted molar refractivity (Wildman–Crippen MR) is 190 cm³/mol. The van der Waals surface area contributed by atoms with Crippen molar-refractivity contribution >= 4 is 21.8 Å². The Bertz CT molecular complexity index is 2190. The van der Waals surface area contributed by atoms with Crippen LogP contribution in [0.25, 0.3) is 44.4 Å². The fourth-order valence-corrected chi connectivity index (χ4v) is 6.52.